The SMILES string of the molecule is CCOc1cc(CCN2CC3(CC3)c3c(CN(C)CCO)cc(Cn4ccnc4NC)cc3C2=O)ncc1F. The number of carbonyl (C=O) groups is 1. The standard InChI is InChI=1S/C29H37FN6O3/c1-4-39-25-15-22(33-16-24(25)30)5-9-36-19-29(6-7-29)26-21(18-34(3)11-12-37)13-20(14-23(26)27(36)38)17-35-10-8-32-28(35)31-2/h8,10,13-16,37H,4-7,9,11-12,17-19H2,1-3H3,(H,31,32). The van der Waals surface area contributed by atoms with Crippen LogP contribution in [0, 0.1) is 5.82 Å². The summed E-state index contributed by atoms with van der Waals surface area (Å²) >= 11 is 0. The van der Waals surface area contributed by atoms with Gasteiger partial charge in [0.25, 0.3) is 5.91 Å². The van der Waals surface area contributed by atoms with E-state index in [0.29, 0.717) is 51.4 Å². The largest absolute Gasteiger partial charge is 0.491 e. The van der Waals surface area contributed by atoms with Gasteiger partial charge in [0.1, 0.15) is 0 Å². The molecule has 0 atom stereocenters. The number of nitrogens with zero attached hydrogens (tertiary/aromatic N) is 5. The van der Waals surface area contributed by atoms with Crippen molar-refractivity contribution < 1.29 is 19.0 Å². The quantitative estimate of drug-likeness (QED) is 0.367. The van der Waals surface area contributed by atoms with Crippen molar-refractivity contribution >= 4 is 11.9 Å². The van der Waals surface area contributed by atoms with Crippen LogP contribution in [0.25, 0.3) is 0 Å². The molecule has 0 bridgehead atoms. The minimum atomic E-state index is -0.481. The van der Waals surface area contributed by atoms with E-state index < -0.39 is 5.82 Å². The van der Waals surface area contributed by atoms with Gasteiger partial charge < -0.3 is 24.6 Å². The molecule has 1 aromatic carbocycles. The Kier molecular flexibility index (Phi) is 7.86. The molecule has 1 aliphatic carbocycles. The Balaban J connectivity index is 1.46. The molecule has 1 amide bonds. The molecular formula is C29H37FN6O3. The van der Waals surface area contributed by atoms with Gasteiger partial charge in [-0.25, -0.2) is 9.37 Å². The third-order valence-corrected chi connectivity index (χ3v) is 7.70. The van der Waals surface area contributed by atoms with E-state index >= 15 is 0 Å². The second-order valence-corrected chi connectivity index (χ2v) is 10.6. The number of aromatic nitrogens is 3. The molecule has 2 N–H and O–H groups in total. The van der Waals surface area contributed by atoms with Crippen molar-refractivity contribution in [2.24, 2.45) is 0 Å². The molecule has 1 aliphatic heterocycles. The number of ether oxygens (including phenoxy) is 1. The van der Waals surface area contributed by atoms with E-state index in [4.69, 9.17) is 4.74 Å². The number of halogens is 1. The summed E-state index contributed by atoms with van der Waals surface area (Å²) < 4.78 is 21.4. The normalized spacial score (nSPS) is 15.6. The lowest BCUT2D eigenvalue weighted by molar-refractivity contribution is 0.0713. The van der Waals surface area contributed by atoms with Crippen LogP contribution < -0.4 is 10.1 Å². The van der Waals surface area contributed by atoms with Gasteiger partial charge in [0.15, 0.2) is 11.6 Å². The van der Waals surface area contributed by atoms with Crippen molar-refractivity contribution in [1.29, 1.82) is 0 Å². The summed E-state index contributed by atoms with van der Waals surface area (Å²) in [4.78, 5) is 26.6. The van der Waals surface area contributed by atoms with Gasteiger partial charge in [0.05, 0.1) is 26.0 Å². The number of fused-ring (bicyclic) bond motifs is 2. The van der Waals surface area contributed by atoms with E-state index in [2.05, 4.69) is 26.3 Å². The summed E-state index contributed by atoms with van der Waals surface area (Å²) in [7, 11) is 3.83. The molecule has 2 aromatic heterocycles. The van der Waals surface area contributed by atoms with E-state index in [1.807, 2.05) is 42.7 Å². The number of aliphatic hydroxyl groups is 1. The highest BCUT2D eigenvalue weighted by Gasteiger charge is 2.52. The van der Waals surface area contributed by atoms with Gasteiger partial charge in [-0.2, -0.15) is 0 Å². The molecule has 2 aliphatic rings. The zero-order valence-electron chi connectivity index (χ0n) is 22.9. The Morgan fingerprint density at radius 2 is 2.08 bits per heavy atom. The maximum Gasteiger partial charge on any atom is 0.254 e. The van der Waals surface area contributed by atoms with Crippen molar-refractivity contribution in [3.05, 3.63) is 70.6 Å². The number of pyridine rings is 1. The highest BCUT2D eigenvalue weighted by atomic mass is 19.1. The minimum Gasteiger partial charge on any atom is -0.491 e. The maximum atomic E-state index is 14.0. The first-order valence-corrected chi connectivity index (χ1v) is 13.6. The van der Waals surface area contributed by atoms with E-state index in [-0.39, 0.29) is 23.7 Å². The number of imidazole rings is 1. The van der Waals surface area contributed by atoms with Gasteiger partial charge in [-0.1, -0.05) is 6.07 Å². The molecule has 5 rings (SSSR count). The fraction of sp³-hybridized carbons (Fsp3) is 0.483. The highest BCUT2D eigenvalue weighted by Crippen LogP contribution is 2.54. The van der Waals surface area contributed by atoms with Crippen LogP contribution in [0.3, 0.4) is 0 Å². The smallest absolute Gasteiger partial charge is 0.254 e. The monoisotopic (exact) mass is 536 g/mol. The van der Waals surface area contributed by atoms with Gasteiger partial charge in [-0.15, -0.1) is 0 Å². The first-order valence-electron chi connectivity index (χ1n) is 13.6. The second-order valence-electron chi connectivity index (χ2n) is 10.6. The molecule has 1 spiro atoms. The third-order valence-electron chi connectivity index (χ3n) is 7.70. The van der Waals surface area contributed by atoms with Gasteiger partial charge >= 0.3 is 0 Å². The van der Waals surface area contributed by atoms with Crippen LogP contribution in [0.5, 0.6) is 5.75 Å². The van der Waals surface area contributed by atoms with Crippen LogP contribution >= 0.6 is 0 Å². The first-order chi connectivity index (χ1) is 18.9. The Labute approximate surface area is 228 Å². The lowest BCUT2D eigenvalue weighted by Crippen LogP contribution is -2.45. The van der Waals surface area contributed by atoms with Crippen LogP contribution in [0.1, 0.15) is 52.5 Å². The third kappa shape index (κ3) is 5.62. The number of anilines is 1. The average molecular weight is 537 g/mol. The number of benzene rings is 1. The molecule has 0 saturated heterocycles. The summed E-state index contributed by atoms with van der Waals surface area (Å²) in [5, 5.41) is 12.6. The fourth-order valence-corrected chi connectivity index (χ4v) is 5.72. The molecular weight excluding hydrogens is 499 g/mol. The zero-order valence-corrected chi connectivity index (χ0v) is 22.9. The molecule has 39 heavy (non-hydrogen) atoms. The maximum absolute atomic E-state index is 14.0. The molecule has 1 fully saturated rings. The highest BCUT2D eigenvalue weighted by molar-refractivity contribution is 5.98. The molecule has 0 unspecified atom stereocenters. The summed E-state index contributed by atoms with van der Waals surface area (Å²) in [5.74, 6) is 0.489. The molecule has 10 heteroatoms. The molecule has 0 radical (unpaired) electrons. The van der Waals surface area contributed by atoms with Crippen molar-refractivity contribution in [3.8, 4) is 5.75 Å². The van der Waals surface area contributed by atoms with Crippen molar-refractivity contribution in [3.63, 3.8) is 0 Å². The number of amides is 1. The zero-order chi connectivity index (χ0) is 27.6. The number of carbonyl (C=O) groups excluding carboxylic acids is 1. The van der Waals surface area contributed by atoms with Gasteiger partial charge in [-0.05, 0) is 49.6 Å². The lowest BCUT2D eigenvalue weighted by Gasteiger charge is -2.37. The second kappa shape index (κ2) is 11.3. The van der Waals surface area contributed by atoms with Crippen molar-refractivity contribution in [2.45, 2.75) is 44.7 Å². The minimum absolute atomic E-state index is 0.0158. The molecule has 208 valence electrons. The van der Waals surface area contributed by atoms with E-state index in [0.717, 1.165) is 41.0 Å². The number of likely N-dealkylation sites (N-methyl/N-ethyl adjacent to an activating group) is 1. The van der Waals surface area contributed by atoms with Crippen LogP contribution in [-0.4, -0.2) is 82.3 Å². The molecule has 9 nitrogen and oxygen atoms in total. The van der Waals surface area contributed by atoms with Gasteiger partial charge in [0.2, 0.25) is 5.95 Å². The molecule has 3 aromatic rings. The van der Waals surface area contributed by atoms with Crippen LogP contribution in [0.4, 0.5) is 10.3 Å². The van der Waals surface area contributed by atoms with E-state index in [1.165, 1.54) is 6.20 Å². The van der Waals surface area contributed by atoms with E-state index in [9.17, 15) is 14.3 Å². The van der Waals surface area contributed by atoms with Crippen molar-refractivity contribution in [2.75, 3.05) is 52.3 Å². The van der Waals surface area contributed by atoms with E-state index in [1.54, 1.807) is 12.3 Å². The average Bonchev–Trinajstić information content (AvgIpc) is 3.54. The Morgan fingerprint density at radius 3 is 2.79 bits per heavy atom. The predicted molar refractivity (Wildman–Crippen MR) is 147 cm³/mol. The molecule has 1 saturated carbocycles. The predicted octanol–water partition coefficient (Wildman–Crippen LogP) is 3.06. The fourth-order valence-electron chi connectivity index (χ4n) is 5.72. The summed E-state index contributed by atoms with van der Waals surface area (Å²) in [6.45, 7) is 5.24. The first kappa shape index (κ1) is 27.1. The van der Waals surface area contributed by atoms with Gasteiger partial charge in [-0.3, -0.25) is 14.7 Å². The van der Waals surface area contributed by atoms with Crippen LogP contribution in [0.15, 0.2) is 36.8 Å². The Hall–Kier alpha value is -3.50. The van der Waals surface area contributed by atoms with Gasteiger partial charge in [0, 0.05) is 74.8 Å². The summed E-state index contributed by atoms with van der Waals surface area (Å²) in [5.41, 5.74) is 4.75. The lowest BCUT2D eigenvalue weighted by atomic mass is 9.81. The topological polar surface area (TPSA) is 95.7 Å². The number of nitrogens with one attached hydrogen (secondary N) is 1. The number of hydrogen-bond acceptors (Lipinski definition) is 7. The molecule has 3 heterocycles. The Bertz CT molecular complexity index is 1340. The number of hydrogen-bond donors (Lipinski definition) is 2. The van der Waals surface area contributed by atoms with Crippen LogP contribution in [-0.2, 0) is 24.9 Å². The van der Waals surface area contributed by atoms with Crippen LogP contribution in [0.2, 0.25) is 0 Å². The number of rotatable bonds is 12. The summed E-state index contributed by atoms with van der Waals surface area (Å²) in [6.07, 6.45) is 7.46. The summed E-state index contributed by atoms with van der Waals surface area (Å²) in [6, 6.07) is 5.89. The Morgan fingerprint density at radius 1 is 1.26 bits per heavy atom. The van der Waals surface area contributed by atoms with Crippen molar-refractivity contribution in [1.82, 2.24) is 24.3 Å². The number of aliphatic hydroxyl groups excluding tert-OH is 1.